The summed E-state index contributed by atoms with van der Waals surface area (Å²) in [5.74, 6) is -0.330. The van der Waals surface area contributed by atoms with Gasteiger partial charge in [-0.2, -0.15) is 0 Å². The van der Waals surface area contributed by atoms with Gasteiger partial charge in [-0.15, -0.1) is 0 Å². The van der Waals surface area contributed by atoms with Gasteiger partial charge in [0.25, 0.3) is 0 Å². The van der Waals surface area contributed by atoms with Crippen LogP contribution in [-0.2, 0) is 9.59 Å². The maximum absolute atomic E-state index is 12.4. The minimum atomic E-state index is -0.586. The van der Waals surface area contributed by atoms with Crippen molar-refractivity contribution in [1.82, 2.24) is 10.3 Å². The van der Waals surface area contributed by atoms with E-state index in [4.69, 9.17) is 0 Å². The Kier molecular flexibility index (Phi) is 6.96. The number of unbranched alkanes of at least 4 members (excludes halogenated alkanes) is 2. The van der Waals surface area contributed by atoms with E-state index in [1.807, 2.05) is 24.3 Å². The van der Waals surface area contributed by atoms with Gasteiger partial charge in [0.2, 0.25) is 11.8 Å². The summed E-state index contributed by atoms with van der Waals surface area (Å²) >= 11 is 2.24. The first-order valence-corrected chi connectivity index (χ1v) is 9.24. The largest absolute Gasteiger partial charge is 0.345 e. The Morgan fingerprint density at radius 3 is 2.79 bits per heavy atom. The molecule has 0 aliphatic heterocycles. The van der Waals surface area contributed by atoms with Gasteiger partial charge in [0.15, 0.2) is 0 Å². The van der Waals surface area contributed by atoms with Crippen LogP contribution in [0, 0.1) is 3.57 Å². The first-order valence-electron chi connectivity index (χ1n) is 8.16. The molecule has 0 fully saturated rings. The monoisotopic (exact) mass is 439 g/mol. The molecule has 2 N–H and O–H groups in total. The van der Waals surface area contributed by atoms with Gasteiger partial charge in [0.1, 0.15) is 6.04 Å². The molecule has 0 unspecified atom stereocenters. The molecule has 2 aromatic rings. The number of benzene rings is 1. The third-order valence-corrected chi connectivity index (χ3v) is 4.69. The topological polar surface area (TPSA) is 71.1 Å². The lowest BCUT2D eigenvalue weighted by Crippen LogP contribution is -2.41. The van der Waals surface area contributed by atoms with Crippen LogP contribution in [0.4, 0.5) is 5.69 Å². The number of carbonyl (C=O) groups is 2. The van der Waals surface area contributed by atoms with Crippen LogP contribution >= 0.6 is 22.6 Å². The third-order valence-electron chi connectivity index (χ3n) is 3.75. The van der Waals surface area contributed by atoms with Crippen LogP contribution in [0.15, 0.2) is 30.5 Å². The highest BCUT2D eigenvalue weighted by Crippen LogP contribution is 2.25. The first-order chi connectivity index (χ1) is 11.5. The van der Waals surface area contributed by atoms with Crippen molar-refractivity contribution in [2.24, 2.45) is 0 Å². The second kappa shape index (κ2) is 8.96. The summed E-state index contributed by atoms with van der Waals surface area (Å²) in [6.45, 7) is 3.78. The number of aromatic nitrogens is 1. The van der Waals surface area contributed by atoms with Crippen molar-refractivity contribution < 1.29 is 9.59 Å². The second-order valence-corrected chi connectivity index (χ2v) is 6.89. The van der Waals surface area contributed by atoms with E-state index in [1.54, 1.807) is 13.1 Å². The summed E-state index contributed by atoms with van der Waals surface area (Å²) in [4.78, 5) is 28.5. The molecule has 1 atom stereocenters. The average Bonchev–Trinajstić information content (AvgIpc) is 2.57. The zero-order valence-electron chi connectivity index (χ0n) is 13.9. The lowest BCUT2D eigenvalue weighted by molar-refractivity contribution is -0.126. The van der Waals surface area contributed by atoms with Gasteiger partial charge < -0.3 is 10.6 Å². The van der Waals surface area contributed by atoms with Gasteiger partial charge in [-0.1, -0.05) is 25.8 Å². The Labute approximate surface area is 155 Å². The third kappa shape index (κ3) is 4.90. The molecule has 0 bridgehead atoms. The highest BCUT2D eigenvalue weighted by Gasteiger charge is 2.17. The van der Waals surface area contributed by atoms with Crippen LogP contribution < -0.4 is 10.6 Å². The molecule has 2 rings (SSSR count). The van der Waals surface area contributed by atoms with Crippen molar-refractivity contribution in [2.75, 3.05) is 5.32 Å². The SMILES string of the molecule is CCCCCC(=O)N[C@@H](C)C(=O)Nc1ccc(I)c2cccnc12. The fourth-order valence-electron chi connectivity index (χ4n) is 2.39. The molecular formula is C18H22IN3O2. The minimum absolute atomic E-state index is 0.0864. The molecule has 128 valence electrons. The molecule has 6 heteroatoms. The van der Waals surface area contributed by atoms with Gasteiger partial charge in [0, 0.05) is 21.6 Å². The highest BCUT2D eigenvalue weighted by atomic mass is 127. The van der Waals surface area contributed by atoms with E-state index >= 15 is 0 Å². The lowest BCUT2D eigenvalue weighted by atomic mass is 10.1. The molecule has 24 heavy (non-hydrogen) atoms. The van der Waals surface area contributed by atoms with Gasteiger partial charge in [-0.3, -0.25) is 14.6 Å². The molecule has 0 radical (unpaired) electrons. The van der Waals surface area contributed by atoms with Crippen LogP contribution in [0.25, 0.3) is 10.9 Å². The Morgan fingerprint density at radius 2 is 2.04 bits per heavy atom. The van der Waals surface area contributed by atoms with E-state index in [-0.39, 0.29) is 11.8 Å². The molecule has 1 heterocycles. The summed E-state index contributed by atoms with van der Waals surface area (Å²) in [7, 11) is 0. The van der Waals surface area contributed by atoms with Crippen LogP contribution in [0.2, 0.25) is 0 Å². The van der Waals surface area contributed by atoms with Crippen LogP contribution in [0.1, 0.15) is 39.5 Å². The Morgan fingerprint density at radius 1 is 1.25 bits per heavy atom. The number of hydrogen-bond acceptors (Lipinski definition) is 3. The number of amides is 2. The molecule has 1 aromatic carbocycles. The van der Waals surface area contributed by atoms with Crippen molar-refractivity contribution in [3.63, 3.8) is 0 Å². The Hall–Kier alpha value is -1.70. The van der Waals surface area contributed by atoms with Gasteiger partial charge >= 0.3 is 0 Å². The van der Waals surface area contributed by atoms with Crippen LogP contribution in [0.3, 0.4) is 0 Å². The van der Waals surface area contributed by atoms with Gasteiger partial charge in [-0.25, -0.2) is 0 Å². The number of anilines is 1. The van der Waals surface area contributed by atoms with E-state index in [2.05, 4.69) is 45.1 Å². The maximum Gasteiger partial charge on any atom is 0.246 e. The van der Waals surface area contributed by atoms with E-state index in [0.29, 0.717) is 12.1 Å². The Bertz CT molecular complexity index is 733. The molecule has 0 aliphatic carbocycles. The fraction of sp³-hybridized carbons (Fsp3) is 0.389. The maximum atomic E-state index is 12.4. The fourth-order valence-corrected chi connectivity index (χ4v) is 3.01. The summed E-state index contributed by atoms with van der Waals surface area (Å²) in [5, 5.41) is 6.60. The predicted molar refractivity (Wildman–Crippen MR) is 105 cm³/mol. The number of rotatable bonds is 7. The summed E-state index contributed by atoms with van der Waals surface area (Å²) < 4.78 is 1.07. The van der Waals surface area contributed by atoms with E-state index in [9.17, 15) is 9.59 Å². The number of carbonyl (C=O) groups excluding carboxylic acids is 2. The number of fused-ring (bicyclic) bond motifs is 1. The number of hydrogen-bond donors (Lipinski definition) is 2. The zero-order chi connectivity index (χ0) is 17.5. The van der Waals surface area contributed by atoms with Crippen molar-refractivity contribution in [2.45, 2.75) is 45.6 Å². The number of nitrogens with one attached hydrogen (secondary N) is 2. The summed E-state index contributed by atoms with van der Waals surface area (Å²) in [6.07, 6.45) is 5.10. The number of halogens is 1. The smallest absolute Gasteiger partial charge is 0.246 e. The van der Waals surface area contributed by atoms with Crippen LogP contribution in [0.5, 0.6) is 0 Å². The lowest BCUT2D eigenvalue weighted by Gasteiger charge is -2.15. The molecule has 0 aliphatic rings. The molecular weight excluding hydrogens is 417 g/mol. The van der Waals surface area contributed by atoms with Gasteiger partial charge in [-0.05, 0) is 54.1 Å². The quantitative estimate of drug-likeness (QED) is 0.509. The van der Waals surface area contributed by atoms with E-state index in [1.165, 1.54) is 0 Å². The number of pyridine rings is 1. The van der Waals surface area contributed by atoms with E-state index in [0.717, 1.165) is 33.7 Å². The predicted octanol–water partition coefficient (Wildman–Crippen LogP) is 3.86. The first kappa shape index (κ1) is 18.6. The van der Waals surface area contributed by atoms with Gasteiger partial charge in [0.05, 0.1) is 11.2 Å². The average molecular weight is 439 g/mol. The van der Waals surface area contributed by atoms with Crippen molar-refractivity contribution >= 4 is 51.0 Å². The molecule has 1 aromatic heterocycles. The normalized spacial score (nSPS) is 12.0. The molecule has 0 saturated heterocycles. The number of nitrogens with zero attached hydrogens (tertiary/aromatic N) is 1. The second-order valence-electron chi connectivity index (χ2n) is 5.73. The Balaban J connectivity index is 2.02. The molecule has 2 amide bonds. The molecule has 5 nitrogen and oxygen atoms in total. The van der Waals surface area contributed by atoms with Crippen LogP contribution in [-0.4, -0.2) is 22.8 Å². The van der Waals surface area contributed by atoms with Crippen molar-refractivity contribution in [3.05, 3.63) is 34.0 Å². The molecule has 0 spiro atoms. The zero-order valence-corrected chi connectivity index (χ0v) is 16.1. The minimum Gasteiger partial charge on any atom is -0.345 e. The highest BCUT2D eigenvalue weighted by molar-refractivity contribution is 14.1. The van der Waals surface area contributed by atoms with Crippen molar-refractivity contribution in [1.29, 1.82) is 0 Å². The molecule has 0 saturated carbocycles. The summed E-state index contributed by atoms with van der Waals surface area (Å²) in [6, 6.07) is 7.03. The van der Waals surface area contributed by atoms with Crippen molar-refractivity contribution in [3.8, 4) is 0 Å². The standard InChI is InChI=1S/C18H22IN3O2/c1-3-4-5-8-16(23)21-12(2)18(24)22-15-10-9-14(19)13-7-6-11-20-17(13)15/h6-7,9-12H,3-5,8H2,1-2H3,(H,21,23)(H,22,24)/t12-/m0/s1. The summed E-state index contributed by atoms with van der Waals surface area (Å²) in [5.41, 5.74) is 1.40. The van der Waals surface area contributed by atoms with E-state index < -0.39 is 6.04 Å².